The maximum atomic E-state index is 13.3. The van der Waals surface area contributed by atoms with Crippen LogP contribution in [0.5, 0.6) is 5.75 Å². The van der Waals surface area contributed by atoms with E-state index in [0.717, 1.165) is 18.2 Å². The van der Waals surface area contributed by atoms with Crippen molar-refractivity contribution in [1.29, 1.82) is 0 Å². The summed E-state index contributed by atoms with van der Waals surface area (Å²) in [6.07, 6.45) is -1.90. The normalized spacial score (nSPS) is 14.8. The van der Waals surface area contributed by atoms with Gasteiger partial charge in [-0.15, -0.1) is 0 Å². The Hall–Kier alpha value is -2.90. The molecule has 3 aromatic rings. The fourth-order valence-electron chi connectivity index (χ4n) is 4.01. The zero-order valence-electron chi connectivity index (χ0n) is 20.1. The SMILES string of the molecule is CCN(Cc1cnc(S(=O)(=O)Cc2cccc(C(F)(F)F)c2)n1C1CC1)S(=O)(=O)c1ccc(OC)cc1. The zero-order valence-corrected chi connectivity index (χ0v) is 21.8. The molecule has 0 spiro atoms. The molecule has 4 rings (SSSR count). The van der Waals surface area contributed by atoms with Crippen molar-refractivity contribution < 1.29 is 34.7 Å². The molecule has 1 saturated carbocycles. The molecule has 1 heterocycles. The van der Waals surface area contributed by atoms with E-state index in [0.29, 0.717) is 24.3 Å². The number of sulfonamides is 1. The molecule has 37 heavy (non-hydrogen) atoms. The fraction of sp³-hybridized carbons (Fsp3) is 0.375. The third kappa shape index (κ3) is 5.83. The first-order chi connectivity index (χ1) is 17.4. The maximum absolute atomic E-state index is 13.3. The van der Waals surface area contributed by atoms with Crippen LogP contribution in [0.3, 0.4) is 0 Å². The summed E-state index contributed by atoms with van der Waals surface area (Å²) < 4.78 is 100. The molecule has 0 atom stereocenters. The third-order valence-electron chi connectivity index (χ3n) is 6.03. The Bertz CT molecular complexity index is 1480. The van der Waals surface area contributed by atoms with Crippen molar-refractivity contribution in [2.75, 3.05) is 13.7 Å². The number of hydrogen-bond acceptors (Lipinski definition) is 6. The van der Waals surface area contributed by atoms with Crippen LogP contribution in [0, 0.1) is 0 Å². The van der Waals surface area contributed by atoms with E-state index in [-0.39, 0.29) is 34.7 Å². The van der Waals surface area contributed by atoms with Gasteiger partial charge in [-0.25, -0.2) is 21.8 Å². The van der Waals surface area contributed by atoms with Crippen LogP contribution >= 0.6 is 0 Å². The number of alkyl halides is 3. The van der Waals surface area contributed by atoms with Crippen molar-refractivity contribution in [3.63, 3.8) is 0 Å². The van der Waals surface area contributed by atoms with E-state index < -0.39 is 37.4 Å². The largest absolute Gasteiger partial charge is 0.497 e. The van der Waals surface area contributed by atoms with Crippen molar-refractivity contribution in [3.8, 4) is 5.75 Å². The van der Waals surface area contributed by atoms with Crippen molar-refractivity contribution in [3.05, 3.63) is 71.5 Å². The molecule has 0 radical (unpaired) electrons. The molecule has 0 bridgehead atoms. The fourth-order valence-corrected chi connectivity index (χ4v) is 6.96. The molecule has 0 unspecified atom stereocenters. The van der Waals surface area contributed by atoms with Gasteiger partial charge in [0.05, 0.1) is 41.8 Å². The van der Waals surface area contributed by atoms with E-state index >= 15 is 0 Å². The number of hydrogen-bond donors (Lipinski definition) is 0. The van der Waals surface area contributed by atoms with E-state index in [1.54, 1.807) is 6.92 Å². The van der Waals surface area contributed by atoms with E-state index in [9.17, 15) is 30.0 Å². The van der Waals surface area contributed by atoms with Crippen molar-refractivity contribution in [2.24, 2.45) is 0 Å². The molecule has 0 saturated heterocycles. The highest BCUT2D eigenvalue weighted by Crippen LogP contribution is 2.39. The highest BCUT2D eigenvalue weighted by Gasteiger charge is 2.36. The summed E-state index contributed by atoms with van der Waals surface area (Å²) in [5.74, 6) is -0.161. The first kappa shape index (κ1) is 27.1. The molecular formula is C24H26F3N3O5S2. The predicted molar refractivity (Wildman–Crippen MR) is 129 cm³/mol. The van der Waals surface area contributed by atoms with Crippen molar-refractivity contribution >= 4 is 19.9 Å². The summed E-state index contributed by atoms with van der Waals surface area (Å²) in [7, 11) is -6.56. The number of aromatic nitrogens is 2. The second kappa shape index (κ2) is 10.1. The molecule has 0 aliphatic heterocycles. The topological polar surface area (TPSA) is 98.6 Å². The summed E-state index contributed by atoms with van der Waals surface area (Å²) in [4.78, 5) is 4.16. The molecule has 1 aliphatic rings. The van der Waals surface area contributed by atoms with Crippen LogP contribution in [0.2, 0.25) is 0 Å². The van der Waals surface area contributed by atoms with Crippen LogP contribution in [-0.4, -0.2) is 44.3 Å². The Morgan fingerprint density at radius 1 is 1.08 bits per heavy atom. The lowest BCUT2D eigenvalue weighted by molar-refractivity contribution is -0.137. The van der Waals surface area contributed by atoms with Crippen LogP contribution in [0.1, 0.15) is 42.6 Å². The molecule has 2 aromatic carbocycles. The number of halogens is 3. The summed E-state index contributed by atoms with van der Waals surface area (Å²) in [5.41, 5.74) is -0.559. The Labute approximate surface area is 213 Å². The predicted octanol–water partition coefficient (Wildman–Crippen LogP) is 4.43. The van der Waals surface area contributed by atoms with Gasteiger partial charge < -0.3 is 9.30 Å². The Morgan fingerprint density at radius 2 is 1.76 bits per heavy atom. The van der Waals surface area contributed by atoms with Crippen LogP contribution in [-0.2, 0) is 38.3 Å². The van der Waals surface area contributed by atoms with Gasteiger partial charge in [0.2, 0.25) is 25.0 Å². The minimum atomic E-state index is -4.60. The lowest BCUT2D eigenvalue weighted by atomic mass is 10.1. The van der Waals surface area contributed by atoms with Gasteiger partial charge in [-0.2, -0.15) is 17.5 Å². The van der Waals surface area contributed by atoms with Crippen LogP contribution in [0.25, 0.3) is 0 Å². The molecule has 200 valence electrons. The van der Waals surface area contributed by atoms with E-state index in [1.165, 1.54) is 52.5 Å². The lowest BCUT2D eigenvalue weighted by Crippen LogP contribution is -2.31. The Morgan fingerprint density at radius 3 is 2.32 bits per heavy atom. The van der Waals surface area contributed by atoms with E-state index in [4.69, 9.17) is 4.74 Å². The molecule has 0 N–H and O–H groups in total. The van der Waals surface area contributed by atoms with Gasteiger partial charge in [-0.05, 0) is 48.7 Å². The highest BCUT2D eigenvalue weighted by molar-refractivity contribution is 7.90. The summed E-state index contributed by atoms with van der Waals surface area (Å²) >= 11 is 0. The second-order valence-electron chi connectivity index (χ2n) is 8.70. The first-order valence-corrected chi connectivity index (χ1v) is 14.5. The number of rotatable bonds is 10. The number of nitrogens with zero attached hydrogens (tertiary/aromatic N) is 3. The molecule has 1 aliphatic carbocycles. The Kier molecular flexibility index (Phi) is 7.41. The van der Waals surface area contributed by atoms with Crippen LogP contribution in [0.15, 0.2) is 64.8 Å². The minimum Gasteiger partial charge on any atom is -0.497 e. The van der Waals surface area contributed by atoms with Gasteiger partial charge >= 0.3 is 6.18 Å². The first-order valence-electron chi connectivity index (χ1n) is 11.5. The van der Waals surface area contributed by atoms with Crippen LogP contribution < -0.4 is 4.74 Å². The molecule has 0 amide bonds. The summed E-state index contributed by atoms with van der Waals surface area (Å²) in [6.45, 7) is 1.67. The van der Waals surface area contributed by atoms with E-state index in [2.05, 4.69) is 4.98 Å². The standard InChI is InChI=1S/C24H26F3N3O5S2/c1-3-29(37(33,34)22-11-9-21(35-2)10-12-22)15-20-14-28-23(30(20)19-7-8-19)36(31,32)16-17-5-4-6-18(13-17)24(25,26)27/h4-6,9-14,19H,3,7-8,15-16H2,1-2H3. The zero-order chi connectivity index (χ0) is 27.0. The monoisotopic (exact) mass is 557 g/mol. The average molecular weight is 558 g/mol. The van der Waals surface area contributed by atoms with Gasteiger partial charge in [0.1, 0.15) is 5.75 Å². The number of ether oxygens (including phenoxy) is 1. The van der Waals surface area contributed by atoms with Gasteiger partial charge in [0, 0.05) is 12.6 Å². The Balaban J connectivity index is 1.64. The number of sulfone groups is 1. The van der Waals surface area contributed by atoms with Crippen molar-refractivity contribution in [2.45, 2.75) is 54.3 Å². The smallest absolute Gasteiger partial charge is 0.416 e. The summed E-state index contributed by atoms with van der Waals surface area (Å²) in [6, 6.07) is 9.92. The number of methoxy groups -OCH3 is 1. The summed E-state index contributed by atoms with van der Waals surface area (Å²) in [5, 5.41) is -0.277. The quantitative estimate of drug-likeness (QED) is 0.366. The van der Waals surface area contributed by atoms with Crippen LogP contribution in [0.4, 0.5) is 13.2 Å². The molecule has 1 aromatic heterocycles. The lowest BCUT2D eigenvalue weighted by Gasteiger charge is -2.22. The third-order valence-corrected chi connectivity index (χ3v) is 9.54. The van der Waals surface area contributed by atoms with E-state index in [1.807, 2.05) is 0 Å². The van der Waals surface area contributed by atoms with Gasteiger partial charge in [0.15, 0.2) is 0 Å². The molecule has 1 fully saturated rings. The second-order valence-corrected chi connectivity index (χ2v) is 12.5. The molecular weight excluding hydrogens is 531 g/mol. The minimum absolute atomic E-state index is 0.0148. The van der Waals surface area contributed by atoms with Crippen molar-refractivity contribution in [1.82, 2.24) is 13.9 Å². The molecule has 13 heteroatoms. The highest BCUT2D eigenvalue weighted by atomic mass is 32.2. The van der Waals surface area contributed by atoms with Gasteiger partial charge in [-0.1, -0.05) is 25.1 Å². The maximum Gasteiger partial charge on any atom is 0.416 e. The number of imidazole rings is 1. The molecule has 8 nitrogen and oxygen atoms in total. The number of benzene rings is 2. The van der Waals surface area contributed by atoms with Gasteiger partial charge in [-0.3, -0.25) is 0 Å². The van der Waals surface area contributed by atoms with Gasteiger partial charge in [0.25, 0.3) is 0 Å². The average Bonchev–Trinajstić information content (AvgIpc) is 3.60.